The SMILES string of the molecule is CCCCCCc1cc2c(-c3cccc4ccccc34)ccc(-c3cccc4ccccc34)c2[cH-]1.CCCCCCc1cc2c(-c3cccc4ccccc34)ccc(-c3cccc4ccccc34)c2[cH-]1.Cl.Cl.[CH3-].[CH3-].[Si]=[Zr]. The van der Waals surface area contributed by atoms with Crippen LogP contribution in [0.4, 0.5) is 0 Å². The first kappa shape index (κ1) is 59.4. The van der Waals surface area contributed by atoms with E-state index in [0.717, 1.165) is 12.8 Å². The fourth-order valence-electron chi connectivity index (χ4n) is 11.3. The zero-order chi connectivity index (χ0) is 49.2. The molecule has 0 aliphatic carbocycles. The molecule has 12 aromatic carbocycles. The molecule has 0 unspecified atom stereocenters. The van der Waals surface area contributed by atoms with E-state index < -0.39 is 0 Å². The summed E-state index contributed by atoms with van der Waals surface area (Å²) in [5.41, 5.74) is 13.5. The van der Waals surface area contributed by atoms with Crippen molar-refractivity contribution in [3.8, 4) is 44.5 Å². The van der Waals surface area contributed by atoms with Crippen LogP contribution < -0.4 is 0 Å². The Morgan fingerprint density at radius 1 is 0.303 bits per heavy atom. The third-order valence-electron chi connectivity index (χ3n) is 14.9. The first-order chi connectivity index (χ1) is 35.7. The third-order valence-corrected chi connectivity index (χ3v) is 14.9. The molecule has 0 amide bonds. The molecule has 2 radical (unpaired) electrons. The van der Waals surface area contributed by atoms with E-state index in [1.54, 1.807) is 0 Å². The number of hydrogen-bond donors (Lipinski definition) is 0. The van der Waals surface area contributed by atoms with Gasteiger partial charge in [-0.2, -0.15) is 12.1 Å². The second-order valence-corrected chi connectivity index (χ2v) is 19.4. The van der Waals surface area contributed by atoms with Crippen LogP contribution in [0.3, 0.4) is 0 Å². The molecule has 0 N–H and O–H groups in total. The number of hydrogen-bond acceptors (Lipinski definition) is 0. The van der Waals surface area contributed by atoms with E-state index >= 15 is 0 Å². The van der Waals surface area contributed by atoms with Gasteiger partial charge in [-0.05, 0) is 67.1 Å². The average Bonchev–Trinajstić information content (AvgIpc) is 4.11. The van der Waals surface area contributed by atoms with Crippen molar-refractivity contribution in [3.63, 3.8) is 0 Å². The van der Waals surface area contributed by atoms with Crippen molar-refractivity contribution in [1.29, 1.82) is 0 Å². The summed E-state index contributed by atoms with van der Waals surface area (Å²) < 4.78 is 0. The van der Waals surface area contributed by atoms with Gasteiger partial charge >= 0.3 is 30.2 Å². The van der Waals surface area contributed by atoms with Gasteiger partial charge in [-0.15, -0.1) is 69.6 Å². The molecule has 0 bridgehead atoms. The quantitative estimate of drug-likeness (QED) is 0.0578. The van der Waals surface area contributed by atoms with Crippen LogP contribution in [0.15, 0.2) is 218 Å². The van der Waals surface area contributed by atoms with Gasteiger partial charge in [-0.3, -0.25) is 0 Å². The van der Waals surface area contributed by atoms with Crippen molar-refractivity contribution in [3.05, 3.63) is 244 Å². The van der Waals surface area contributed by atoms with Gasteiger partial charge in [0.1, 0.15) is 0 Å². The van der Waals surface area contributed by atoms with Gasteiger partial charge in [0.15, 0.2) is 0 Å². The number of unbranched alkanes of at least 4 members (excludes halogenated alkanes) is 6. The molecule has 0 fully saturated rings. The molecule has 0 heterocycles. The second-order valence-electron chi connectivity index (χ2n) is 19.4. The summed E-state index contributed by atoms with van der Waals surface area (Å²) >= 11 is 1.36. The number of rotatable bonds is 14. The summed E-state index contributed by atoms with van der Waals surface area (Å²) in [6, 6.07) is 81.0. The summed E-state index contributed by atoms with van der Waals surface area (Å²) in [6.45, 7) is 7.63. The first-order valence-corrected chi connectivity index (χ1v) is 30.5. The van der Waals surface area contributed by atoms with Gasteiger partial charge in [-0.1, -0.05) is 293 Å². The van der Waals surface area contributed by atoms with Gasteiger partial charge in [-0.25, -0.2) is 0 Å². The molecule has 12 aromatic rings. The molecule has 0 aliphatic heterocycles. The van der Waals surface area contributed by atoms with Crippen LogP contribution in [0.5, 0.6) is 0 Å². The van der Waals surface area contributed by atoms with E-state index in [1.807, 2.05) is 0 Å². The van der Waals surface area contributed by atoms with E-state index in [9.17, 15) is 0 Å². The van der Waals surface area contributed by atoms with Crippen LogP contribution in [0.1, 0.15) is 76.3 Å². The Balaban J connectivity index is 0.000000227. The fraction of sp³-hybridized carbons (Fsp3) is 0.167. The molecule has 76 heavy (non-hydrogen) atoms. The molecular weight excluding hydrogens is 1060 g/mol. The summed E-state index contributed by atoms with van der Waals surface area (Å²) in [5, 5.41) is 15.9. The van der Waals surface area contributed by atoms with Crippen LogP contribution in [0.25, 0.3) is 109 Å². The Morgan fingerprint density at radius 2 is 0.566 bits per heavy atom. The minimum atomic E-state index is 0. The predicted octanol–water partition coefficient (Wildman–Crippen LogP) is 22.0. The zero-order valence-corrected chi connectivity index (χ0v) is 49.8. The van der Waals surface area contributed by atoms with E-state index in [2.05, 4.69) is 239 Å². The van der Waals surface area contributed by atoms with Crippen molar-refractivity contribution in [1.82, 2.24) is 0 Å². The van der Waals surface area contributed by atoms with Crippen LogP contribution in [-0.4, -0.2) is 6.88 Å². The molecule has 384 valence electrons. The van der Waals surface area contributed by atoms with Crippen LogP contribution >= 0.6 is 24.8 Å². The van der Waals surface area contributed by atoms with Crippen LogP contribution in [-0.2, 0) is 36.2 Å². The first-order valence-electron chi connectivity index (χ1n) is 26.3. The average molecular weight is 1130 g/mol. The molecule has 0 saturated carbocycles. The Morgan fingerprint density at radius 3 is 0.882 bits per heavy atom. The maximum atomic E-state index is 3.06. The molecule has 0 aromatic heterocycles. The van der Waals surface area contributed by atoms with E-state index in [-0.39, 0.29) is 39.7 Å². The van der Waals surface area contributed by atoms with E-state index in [0.29, 0.717) is 0 Å². The number of fused-ring (bicyclic) bond motifs is 6. The van der Waals surface area contributed by atoms with E-state index in [4.69, 9.17) is 0 Å². The van der Waals surface area contributed by atoms with Crippen molar-refractivity contribution in [2.45, 2.75) is 78.1 Å². The van der Waals surface area contributed by atoms with Crippen molar-refractivity contribution in [2.24, 2.45) is 0 Å². The number of halogens is 2. The molecule has 4 heteroatoms. The standard InChI is InChI=1S/2C35H31.2CH3.2ClH.Si.Zr/c2*1-2-3-4-5-12-25-23-34-32(30-19-10-15-26-13-6-8-17-28(26)30)21-22-33(35(34)24-25)31-20-11-16-27-14-7-9-18-29(27)31;;;;;;/h2*6-11,13-24H,2-5,12H2,1H3;2*1H3;2*1H;;/q4*-1;;;;. The summed E-state index contributed by atoms with van der Waals surface area (Å²) in [5.74, 6) is 0. The Bertz CT molecular complexity index is 3300. The molecule has 0 atom stereocenters. The minimum absolute atomic E-state index is 0. The van der Waals surface area contributed by atoms with Gasteiger partial charge in [0.05, 0.1) is 0 Å². The van der Waals surface area contributed by atoms with E-state index in [1.165, 1.54) is 195 Å². The zero-order valence-electron chi connectivity index (χ0n) is 44.7. The van der Waals surface area contributed by atoms with Crippen molar-refractivity contribution in [2.75, 3.05) is 0 Å². The normalized spacial score (nSPS) is 10.7. The Hall–Kier alpha value is -5.86. The molecule has 0 saturated heterocycles. The fourth-order valence-corrected chi connectivity index (χ4v) is 11.3. The third kappa shape index (κ3) is 12.6. The molecule has 0 spiro atoms. The van der Waals surface area contributed by atoms with Gasteiger partial charge < -0.3 is 14.9 Å². The Kier molecular flexibility index (Phi) is 22.3. The van der Waals surface area contributed by atoms with Gasteiger partial charge in [0.25, 0.3) is 0 Å². The van der Waals surface area contributed by atoms with Crippen LogP contribution in [0, 0.1) is 14.9 Å². The number of aryl methyl sites for hydroxylation is 2. The summed E-state index contributed by atoms with van der Waals surface area (Å²) in [7, 11) is 0. The van der Waals surface area contributed by atoms with Crippen LogP contribution in [0.2, 0.25) is 0 Å². The molecular formula is C72H70Cl2SiZr-4. The number of benzene rings is 10. The summed E-state index contributed by atoms with van der Waals surface area (Å²) in [6.07, 6.45) is 12.6. The molecule has 0 nitrogen and oxygen atoms in total. The topological polar surface area (TPSA) is 0 Å². The van der Waals surface area contributed by atoms with Gasteiger partial charge in [0, 0.05) is 0 Å². The van der Waals surface area contributed by atoms with Crippen molar-refractivity contribution < 1.29 is 23.3 Å². The van der Waals surface area contributed by atoms with Gasteiger partial charge in [0.2, 0.25) is 0 Å². The molecule has 0 aliphatic rings. The predicted molar refractivity (Wildman–Crippen MR) is 340 cm³/mol. The maximum absolute atomic E-state index is 3.06. The molecule has 12 rings (SSSR count). The monoisotopic (exact) mass is 1120 g/mol. The summed E-state index contributed by atoms with van der Waals surface area (Å²) in [4.78, 5) is 0. The Labute approximate surface area is 482 Å². The second kappa shape index (κ2) is 28.5. The van der Waals surface area contributed by atoms with Crippen molar-refractivity contribution >= 4 is 96.3 Å².